The maximum absolute atomic E-state index is 12.4. The first-order valence-corrected chi connectivity index (χ1v) is 8.14. The molecule has 2 aromatic rings. The molecule has 0 aliphatic carbocycles. The van der Waals surface area contributed by atoms with Gasteiger partial charge in [0.1, 0.15) is 5.75 Å². The lowest BCUT2D eigenvalue weighted by Crippen LogP contribution is -2.34. The summed E-state index contributed by atoms with van der Waals surface area (Å²) in [6, 6.07) is 11.2. The van der Waals surface area contributed by atoms with Crippen LogP contribution in [0.2, 0.25) is 0 Å². The number of hydrogen-bond donors (Lipinski definition) is 2. The van der Waals surface area contributed by atoms with E-state index in [1.165, 1.54) is 7.11 Å². The highest BCUT2D eigenvalue weighted by Gasteiger charge is 2.15. The van der Waals surface area contributed by atoms with E-state index in [1.807, 2.05) is 38.1 Å². The van der Waals surface area contributed by atoms with E-state index in [2.05, 4.69) is 26.6 Å². The highest BCUT2D eigenvalue weighted by Crippen LogP contribution is 2.23. The van der Waals surface area contributed by atoms with Crippen molar-refractivity contribution in [1.82, 2.24) is 5.32 Å². The molecule has 0 fully saturated rings. The van der Waals surface area contributed by atoms with Crippen LogP contribution < -0.4 is 15.4 Å². The monoisotopic (exact) mass is 392 g/mol. The van der Waals surface area contributed by atoms with Crippen molar-refractivity contribution in [2.24, 2.45) is 0 Å². The molecular weight excluding hydrogens is 376 g/mol. The van der Waals surface area contributed by atoms with E-state index >= 15 is 0 Å². The van der Waals surface area contributed by atoms with Crippen LogP contribution in [0.5, 0.6) is 5.75 Å². The van der Waals surface area contributed by atoms with Gasteiger partial charge < -0.3 is 10.1 Å². The number of ether oxygens (including phenoxy) is 1. The molecule has 0 bridgehead atoms. The largest absolute Gasteiger partial charge is 0.496 e. The van der Waals surface area contributed by atoms with Crippen LogP contribution in [0.25, 0.3) is 0 Å². The van der Waals surface area contributed by atoms with Crippen molar-refractivity contribution >= 4 is 44.9 Å². The van der Waals surface area contributed by atoms with E-state index in [-0.39, 0.29) is 11.0 Å². The summed E-state index contributed by atoms with van der Waals surface area (Å²) < 4.78 is 6.00. The zero-order valence-corrected chi connectivity index (χ0v) is 15.5. The van der Waals surface area contributed by atoms with Gasteiger partial charge in [0.2, 0.25) is 0 Å². The van der Waals surface area contributed by atoms with Crippen LogP contribution in [0.4, 0.5) is 5.69 Å². The molecule has 0 aromatic heterocycles. The maximum atomic E-state index is 12.4. The quantitative estimate of drug-likeness (QED) is 0.768. The van der Waals surface area contributed by atoms with Gasteiger partial charge in [-0.15, -0.1) is 0 Å². The predicted molar refractivity (Wildman–Crippen MR) is 100 cm³/mol. The molecule has 2 aromatic carbocycles. The number of carbonyl (C=O) groups is 1. The Kier molecular flexibility index (Phi) is 5.74. The fourth-order valence-corrected chi connectivity index (χ4v) is 2.74. The molecule has 2 N–H and O–H groups in total. The Labute approximate surface area is 149 Å². The lowest BCUT2D eigenvalue weighted by Gasteiger charge is -2.15. The minimum atomic E-state index is -0.327. The molecule has 1 amide bonds. The third-order valence-electron chi connectivity index (χ3n) is 3.35. The predicted octanol–water partition coefficient (Wildman–Crippen LogP) is 4.20. The van der Waals surface area contributed by atoms with Crippen molar-refractivity contribution in [2.75, 3.05) is 12.4 Å². The molecule has 0 heterocycles. The lowest BCUT2D eigenvalue weighted by molar-refractivity contribution is 0.0974. The number of benzene rings is 2. The molecule has 23 heavy (non-hydrogen) atoms. The van der Waals surface area contributed by atoms with Crippen molar-refractivity contribution < 1.29 is 9.53 Å². The molecule has 0 aliphatic heterocycles. The number of halogens is 1. The summed E-state index contributed by atoms with van der Waals surface area (Å²) in [6.45, 7) is 3.97. The zero-order chi connectivity index (χ0) is 17.0. The van der Waals surface area contributed by atoms with E-state index in [0.29, 0.717) is 11.3 Å². The number of aryl methyl sites for hydroxylation is 2. The Morgan fingerprint density at radius 3 is 2.43 bits per heavy atom. The Morgan fingerprint density at radius 2 is 1.83 bits per heavy atom. The van der Waals surface area contributed by atoms with Crippen molar-refractivity contribution in [3.63, 3.8) is 0 Å². The average molecular weight is 393 g/mol. The summed E-state index contributed by atoms with van der Waals surface area (Å²) in [4.78, 5) is 12.4. The van der Waals surface area contributed by atoms with E-state index in [4.69, 9.17) is 17.0 Å². The molecule has 0 saturated heterocycles. The maximum Gasteiger partial charge on any atom is 0.261 e. The van der Waals surface area contributed by atoms with Gasteiger partial charge >= 0.3 is 0 Å². The smallest absolute Gasteiger partial charge is 0.261 e. The van der Waals surface area contributed by atoms with Crippen LogP contribution in [0.3, 0.4) is 0 Å². The average Bonchev–Trinajstić information content (AvgIpc) is 2.51. The molecule has 6 heteroatoms. The number of nitrogens with one attached hydrogen (secondary N) is 2. The van der Waals surface area contributed by atoms with Crippen molar-refractivity contribution in [2.45, 2.75) is 13.8 Å². The minimum absolute atomic E-state index is 0.245. The highest BCUT2D eigenvalue weighted by molar-refractivity contribution is 9.10. The lowest BCUT2D eigenvalue weighted by atomic mass is 10.1. The van der Waals surface area contributed by atoms with Crippen molar-refractivity contribution in [3.05, 3.63) is 57.6 Å². The normalized spacial score (nSPS) is 10.1. The molecule has 0 saturated carbocycles. The van der Waals surface area contributed by atoms with Gasteiger partial charge in [0, 0.05) is 10.2 Å². The second-order valence-electron chi connectivity index (χ2n) is 5.02. The molecule has 0 radical (unpaired) electrons. The fourth-order valence-electron chi connectivity index (χ4n) is 2.18. The van der Waals surface area contributed by atoms with Crippen LogP contribution in [0, 0.1) is 13.8 Å². The number of anilines is 1. The summed E-state index contributed by atoms with van der Waals surface area (Å²) in [5, 5.41) is 6.00. The highest BCUT2D eigenvalue weighted by atomic mass is 79.9. The first-order valence-electron chi connectivity index (χ1n) is 6.94. The van der Waals surface area contributed by atoms with Crippen LogP contribution in [0.1, 0.15) is 21.5 Å². The Hall–Kier alpha value is -1.92. The van der Waals surface area contributed by atoms with Gasteiger partial charge in [0.25, 0.3) is 5.91 Å². The number of thiocarbonyl (C=S) groups is 1. The summed E-state index contributed by atoms with van der Waals surface area (Å²) in [6.07, 6.45) is 0. The molecular formula is C17H17BrN2O2S. The number of methoxy groups -OCH3 is 1. The SMILES string of the molecule is COc1ccc(Br)cc1C(=O)NC(=S)Nc1c(C)cccc1C. The van der Waals surface area contributed by atoms with Gasteiger partial charge in [-0.2, -0.15) is 0 Å². The van der Waals surface area contributed by atoms with E-state index in [0.717, 1.165) is 21.3 Å². The molecule has 0 aliphatic rings. The van der Waals surface area contributed by atoms with Gasteiger partial charge in [0.05, 0.1) is 12.7 Å². The first-order chi connectivity index (χ1) is 10.9. The van der Waals surface area contributed by atoms with Crippen LogP contribution >= 0.6 is 28.1 Å². The van der Waals surface area contributed by atoms with Crippen molar-refractivity contribution in [3.8, 4) is 5.75 Å². The zero-order valence-electron chi connectivity index (χ0n) is 13.1. The molecule has 2 rings (SSSR count). The van der Waals surface area contributed by atoms with Crippen LogP contribution in [0.15, 0.2) is 40.9 Å². The second kappa shape index (κ2) is 7.57. The Morgan fingerprint density at radius 1 is 1.17 bits per heavy atom. The summed E-state index contributed by atoms with van der Waals surface area (Å²) in [7, 11) is 1.52. The minimum Gasteiger partial charge on any atom is -0.496 e. The second-order valence-corrected chi connectivity index (χ2v) is 6.34. The summed E-state index contributed by atoms with van der Waals surface area (Å²) in [5.41, 5.74) is 3.43. The third kappa shape index (κ3) is 4.30. The Balaban J connectivity index is 2.14. The molecule has 0 spiro atoms. The molecule has 4 nitrogen and oxygen atoms in total. The van der Waals surface area contributed by atoms with Gasteiger partial charge in [0.15, 0.2) is 5.11 Å². The molecule has 0 atom stereocenters. The van der Waals surface area contributed by atoms with E-state index < -0.39 is 0 Å². The number of rotatable bonds is 3. The van der Waals surface area contributed by atoms with E-state index in [9.17, 15) is 4.79 Å². The fraction of sp³-hybridized carbons (Fsp3) is 0.176. The van der Waals surface area contributed by atoms with Crippen LogP contribution in [-0.2, 0) is 0 Å². The first kappa shape index (κ1) is 17.4. The van der Waals surface area contributed by atoms with Gasteiger partial charge in [-0.25, -0.2) is 0 Å². The van der Waals surface area contributed by atoms with Gasteiger partial charge in [-0.3, -0.25) is 10.1 Å². The number of carbonyl (C=O) groups excluding carboxylic acids is 1. The van der Waals surface area contributed by atoms with Crippen LogP contribution in [-0.4, -0.2) is 18.1 Å². The summed E-state index contributed by atoms with van der Waals surface area (Å²) >= 11 is 8.60. The summed E-state index contributed by atoms with van der Waals surface area (Å²) in [5.74, 6) is 0.160. The van der Waals surface area contributed by atoms with Gasteiger partial charge in [-0.05, 0) is 55.4 Å². The molecule has 0 unspecified atom stereocenters. The standard InChI is InChI=1S/C17H17BrN2O2S/c1-10-5-4-6-11(2)15(10)19-17(23)20-16(21)13-9-12(18)7-8-14(13)22-3/h4-9H,1-3H3,(H2,19,20,21,23). The third-order valence-corrected chi connectivity index (χ3v) is 4.05. The Bertz CT molecular complexity index is 742. The number of amides is 1. The number of para-hydroxylation sites is 1. The topological polar surface area (TPSA) is 50.4 Å². The molecule has 120 valence electrons. The number of hydrogen-bond acceptors (Lipinski definition) is 3. The van der Waals surface area contributed by atoms with Crippen molar-refractivity contribution in [1.29, 1.82) is 0 Å². The van der Waals surface area contributed by atoms with Gasteiger partial charge in [-0.1, -0.05) is 34.1 Å². The van der Waals surface area contributed by atoms with E-state index in [1.54, 1.807) is 12.1 Å².